The Kier molecular flexibility index (Phi) is 4.67. The molecule has 4 heteroatoms. The molecule has 4 nitrogen and oxygen atoms in total. The largest absolute Gasteiger partial charge is 0.493 e. The van der Waals surface area contributed by atoms with Gasteiger partial charge < -0.3 is 14.8 Å². The molecular weight excluding hydrogens is 278 g/mol. The zero-order valence-electron chi connectivity index (χ0n) is 13.3. The van der Waals surface area contributed by atoms with E-state index in [2.05, 4.69) is 17.4 Å². The molecule has 0 radical (unpaired) electrons. The van der Waals surface area contributed by atoms with Gasteiger partial charge in [0, 0.05) is 12.1 Å². The Morgan fingerprint density at radius 1 is 1.27 bits per heavy atom. The number of hydrogen-bond donors (Lipinski definition) is 1. The van der Waals surface area contributed by atoms with Gasteiger partial charge in [-0.1, -0.05) is 12.1 Å². The van der Waals surface area contributed by atoms with Gasteiger partial charge in [-0.2, -0.15) is 0 Å². The third-order valence-corrected chi connectivity index (χ3v) is 4.79. The quantitative estimate of drug-likeness (QED) is 0.750. The number of ether oxygens (including phenoxy) is 2. The van der Waals surface area contributed by atoms with Crippen LogP contribution in [-0.2, 0) is 16.1 Å². The Balaban J connectivity index is 1.48. The van der Waals surface area contributed by atoms with Crippen LogP contribution in [0.5, 0.6) is 5.75 Å². The number of benzene rings is 1. The Labute approximate surface area is 132 Å². The number of carbonyl (C=O) groups is 1. The molecule has 22 heavy (non-hydrogen) atoms. The number of rotatable bonds is 8. The lowest BCUT2D eigenvalue weighted by atomic mass is 9.74. The molecule has 0 saturated heterocycles. The molecule has 1 aromatic rings. The van der Waals surface area contributed by atoms with E-state index in [-0.39, 0.29) is 11.5 Å². The fraction of sp³-hybridized carbons (Fsp3) is 0.611. The van der Waals surface area contributed by atoms with Crippen LogP contribution in [-0.4, -0.2) is 25.2 Å². The van der Waals surface area contributed by atoms with E-state index in [0.29, 0.717) is 6.42 Å². The minimum absolute atomic E-state index is 0.0613. The summed E-state index contributed by atoms with van der Waals surface area (Å²) in [5.74, 6) is 1.60. The maximum absolute atomic E-state index is 11.5. The molecule has 2 saturated carbocycles. The van der Waals surface area contributed by atoms with Gasteiger partial charge in [0.15, 0.2) is 0 Å². The van der Waals surface area contributed by atoms with Crippen LogP contribution in [0.2, 0.25) is 0 Å². The van der Waals surface area contributed by atoms with Crippen molar-refractivity contribution in [1.82, 2.24) is 5.32 Å². The van der Waals surface area contributed by atoms with Crippen LogP contribution in [0.3, 0.4) is 0 Å². The van der Waals surface area contributed by atoms with Gasteiger partial charge in [-0.3, -0.25) is 4.79 Å². The third kappa shape index (κ3) is 4.01. The molecule has 2 aliphatic rings. The second-order valence-corrected chi connectivity index (χ2v) is 6.64. The summed E-state index contributed by atoms with van der Waals surface area (Å²) in [6.07, 6.45) is 6.36. The fourth-order valence-corrected chi connectivity index (χ4v) is 2.86. The Hall–Kier alpha value is -1.55. The van der Waals surface area contributed by atoms with Gasteiger partial charge in [0.1, 0.15) is 5.75 Å². The zero-order valence-corrected chi connectivity index (χ0v) is 13.3. The van der Waals surface area contributed by atoms with Gasteiger partial charge in [0.05, 0.1) is 20.1 Å². The summed E-state index contributed by atoms with van der Waals surface area (Å²) in [5.41, 5.74) is 1.16. The molecule has 0 unspecified atom stereocenters. The first-order valence-electron chi connectivity index (χ1n) is 8.23. The normalized spacial score (nSPS) is 19.3. The Bertz CT molecular complexity index is 504. The number of esters is 1. The molecule has 0 atom stereocenters. The highest BCUT2D eigenvalue weighted by Crippen LogP contribution is 2.35. The molecule has 1 aromatic carbocycles. The molecule has 0 bridgehead atoms. The minimum atomic E-state index is -0.129. The molecule has 0 spiro atoms. The molecule has 2 fully saturated rings. The summed E-state index contributed by atoms with van der Waals surface area (Å²) < 4.78 is 10.6. The molecule has 0 amide bonds. The van der Waals surface area contributed by atoms with Crippen LogP contribution in [0.15, 0.2) is 24.3 Å². The van der Waals surface area contributed by atoms with Crippen molar-refractivity contribution in [3.8, 4) is 5.75 Å². The highest BCUT2D eigenvalue weighted by atomic mass is 16.5. The molecule has 0 aromatic heterocycles. The minimum Gasteiger partial charge on any atom is -0.493 e. The number of methoxy groups -OCH3 is 1. The topological polar surface area (TPSA) is 47.6 Å². The smallest absolute Gasteiger partial charge is 0.307 e. The lowest BCUT2D eigenvalue weighted by Gasteiger charge is -2.42. The van der Waals surface area contributed by atoms with Crippen LogP contribution in [0.1, 0.15) is 44.1 Å². The van der Waals surface area contributed by atoms with E-state index in [1.807, 2.05) is 12.1 Å². The van der Waals surface area contributed by atoms with Gasteiger partial charge in [-0.25, -0.2) is 0 Å². The highest BCUT2D eigenvalue weighted by Gasteiger charge is 2.38. The predicted molar refractivity (Wildman–Crippen MR) is 84.7 cm³/mol. The summed E-state index contributed by atoms with van der Waals surface area (Å²) in [6.45, 7) is 1.62. The first-order valence-corrected chi connectivity index (χ1v) is 8.23. The van der Waals surface area contributed by atoms with Gasteiger partial charge in [0.2, 0.25) is 0 Å². The second-order valence-electron chi connectivity index (χ2n) is 6.64. The first-order chi connectivity index (χ1) is 10.7. The zero-order chi connectivity index (χ0) is 15.4. The van der Waals surface area contributed by atoms with Crippen molar-refractivity contribution in [3.63, 3.8) is 0 Å². The monoisotopic (exact) mass is 303 g/mol. The number of nitrogens with one attached hydrogen (secondary N) is 1. The van der Waals surface area contributed by atoms with Crippen LogP contribution < -0.4 is 10.1 Å². The van der Waals surface area contributed by atoms with Gasteiger partial charge in [0.25, 0.3) is 0 Å². The van der Waals surface area contributed by atoms with E-state index in [1.54, 1.807) is 0 Å². The van der Waals surface area contributed by atoms with Crippen molar-refractivity contribution in [1.29, 1.82) is 0 Å². The lowest BCUT2D eigenvalue weighted by Crippen LogP contribution is -2.52. The van der Waals surface area contributed by atoms with Crippen LogP contribution >= 0.6 is 0 Å². The fourth-order valence-electron chi connectivity index (χ4n) is 2.86. The Morgan fingerprint density at radius 2 is 2.00 bits per heavy atom. The van der Waals surface area contributed by atoms with Crippen LogP contribution in [0, 0.1) is 5.92 Å². The average Bonchev–Trinajstić information content (AvgIpc) is 3.33. The van der Waals surface area contributed by atoms with Crippen LogP contribution in [0.25, 0.3) is 0 Å². The van der Waals surface area contributed by atoms with Gasteiger partial charge in [-0.15, -0.1) is 0 Å². The molecule has 0 heterocycles. The van der Waals surface area contributed by atoms with E-state index >= 15 is 0 Å². The summed E-state index contributed by atoms with van der Waals surface area (Å²) in [4.78, 5) is 11.5. The van der Waals surface area contributed by atoms with Crippen molar-refractivity contribution in [2.24, 2.45) is 5.92 Å². The van der Waals surface area contributed by atoms with Gasteiger partial charge in [-0.05, 0) is 55.7 Å². The maximum atomic E-state index is 11.5. The molecule has 3 rings (SSSR count). The van der Waals surface area contributed by atoms with Crippen molar-refractivity contribution < 1.29 is 14.3 Å². The van der Waals surface area contributed by atoms with E-state index in [9.17, 15) is 4.79 Å². The Morgan fingerprint density at radius 3 is 2.55 bits per heavy atom. The SMILES string of the molecule is COC(=O)CC1(NCc2ccc(OCC3CC3)cc2)CCC1. The molecule has 120 valence electrons. The first kappa shape index (κ1) is 15.3. The highest BCUT2D eigenvalue weighted by molar-refractivity contribution is 5.71. The van der Waals surface area contributed by atoms with Crippen molar-refractivity contribution in [3.05, 3.63) is 29.8 Å². The van der Waals surface area contributed by atoms with E-state index < -0.39 is 0 Å². The van der Waals surface area contributed by atoms with E-state index in [0.717, 1.165) is 37.7 Å². The van der Waals surface area contributed by atoms with Gasteiger partial charge >= 0.3 is 5.97 Å². The summed E-state index contributed by atoms with van der Waals surface area (Å²) in [7, 11) is 1.45. The van der Waals surface area contributed by atoms with Crippen molar-refractivity contribution in [2.75, 3.05) is 13.7 Å². The molecule has 0 aliphatic heterocycles. The molecule has 1 N–H and O–H groups in total. The molecular formula is C18H25NO3. The summed E-state index contributed by atoms with van der Waals surface area (Å²) in [5, 5.41) is 3.55. The molecule has 2 aliphatic carbocycles. The number of carbonyl (C=O) groups excluding carboxylic acids is 1. The second kappa shape index (κ2) is 6.69. The lowest BCUT2D eigenvalue weighted by molar-refractivity contribution is -0.143. The average molecular weight is 303 g/mol. The van der Waals surface area contributed by atoms with E-state index in [4.69, 9.17) is 9.47 Å². The number of hydrogen-bond acceptors (Lipinski definition) is 4. The standard InChI is InChI=1S/C18H25NO3/c1-21-17(20)11-18(9-2-10-18)19-12-14-5-7-16(8-6-14)22-13-15-3-4-15/h5-8,15,19H,2-4,9-13H2,1H3. The third-order valence-electron chi connectivity index (χ3n) is 4.79. The summed E-state index contributed by atoms with van der Waals surface area (Å²) in [6, 6.07) is 8.26. The van der Waals surface area contributed by atoms with Crippen molar-refractivity contribution >= 4 is 5.97 Å². The predicted octanol–water partition coefficient (Wildman–Crippen LogP) is 3.05. The van der Waals surface area contributed by atoms with Crippen molar-refractivity contribution in [2.45, 2.75) is 50.6 Å². The summed E-state index contributed by atoms with van der Waals surface area (Å²) >= 11 is 0. The van der Waals surface area contributed by atoms with Crippen LogP contribution in [0.4, 0.5) is 0 Å². The maximum Gasteiger partial charge on any atom is 0.307 e. The van der Waals surface area contributed by atoms with E-state index in [1.165, 1.54) is 31.9 Å².